The minimum absolute atomic E-state index is 0.0298. The SMILES string of the molecule is C=C[C@]1(C)CC[C@H](C(=C)C)[C@@H](c2c[nH]c3ccccc23)[C@@H]1N=C=S. The third-order valence-corrected chi connectivity index (χ3v) is 5.82. The van der Waals surface area contributed by atoms with Crippen LogP contribution in [0.4, 0.5) is 0 Å². The van der Waals surface area contributed by atoms with Crippen molar-refractivity contribution in [2.24, 2.45) is 16.3 Å². The zero-order chi connectivity index (χ0) is 17.3. The number of hydrogen-bond donors (Lipinski definition) is 1. The fraction of sp³-hybridized carbons (Fsp3) is 0.381. The number of aliphatic imine (C=N–C) groups is 1. The molecule has 1 aliphatic rings. The zero-order valence-electron chi connectivity index (χ0n) is 14.4. The van der Waals surface area contributed by atoms with Crippen LogP contribution >= 0.6 is 12.2 Å². The Morgan fingerprint density at radius 2 is 2.21 bits per heavy atom. The van der Waals surface area contributed by atoms with Crippen LogP contribution in [0.1, 0.15) is 38.2 Å². The quantitative estimate of drug-likeness (QED) is 0.420. The number of hydrogen-bond acceptors (Lipinski definition) is 2. The van der Waals surface area contributed by atoms with Gasteiger partial charge in [0.15, 0.2) is 0 Å². The molecule has 0 amide bonds. The van der Waals surface area contributed by atoms with Gasteiger partial charge in [-0.15, -0.1) is 6.58 Å². The van der Waals surface area contributed by atoms with Crippen LogP contribution in [-0.2, 0) is 0 Å². The van der Waals surface area contributed by atoms with Gasteiger partial charge >= 0.3 is 0 Å². The van der Waals surface area contributed by atoms with Crippen molar-refractivity contribution in [3.05, 3.63) is 60.8 Å². The normalized spacial score (nSPS) is 29.8. The van der Waals surface area contributed by atoms with E-state index in [1.165, 1.54) is 16.5 Å². The lowest BCUT2D eigenvalue weighted by atomic mass is 9.59. The average molecular weight is 337 g/mol. The molecular formula is C21H24N2S. The van der Waals surface area contributed by atoms with Gasteiger partial charge in [0.25, 0.3) is 0 Å². The molecule has 1 aromatic carbocycles. The Hall–Kier alpha value is -1.96. The zero-order valence-corrected chi connectivity index (χ0v) is 15.2. The standard InChI is InChI=1S/C21H24N2S/c1-5-21(4)11-10-15(14(2)3)19(20(21)23-13-24)17-12-22-18-9-7-6-8-16(17)18/h5-9,12,15,19-20,22H,1-2,10-11H2,3-4H3/t15-,19+,20+,21-/m1/s1. The van der Waals surface area contributed by atoms with Crippen molar-refractivity contribution in [1.82, 2.24) is 4.98 Å². The molecule has 2 aromatic rings. The molecule has 1 aliphatic carbocycles. The molecule has 0 spiro atoms. The molecule has 124 valence electrons. The van der Waals surface area contributed by atoms with Crippen molar-refractivity contribution >= 4 is 28.3 Å². The van der Waals surface area contributed by atoms with Gasteiger partial charge in [0, 0.05) is 28.4 Å². The first-order valence-corrected chi connectivity index (χ1v) is 8.84. The Bertz CT molecular complexity index is 827. The van der Waals surface area contributed by atoms with E-state index in [4.69, 9.17) is 12.2 Å². The Labute approximate surface area is 149 Å². The smallest absolute Gasteiger partial charge is 0.0765 e. The van der Waals surface area contributed by atoms with E-state index in [-0.39, 0.29) is 17.4 Å². The Kier molecular flexibility index (Phi) is 4.58. The summed E-state index contributed by atoms with van der Waals surface area (Å²) in [5, 5.41) is 3.90. The summed E-state index contributed by atoms with van der Waals surface area (Å²) in [7, 11) is 0. The second-order valence-electron chi connectivity index (χ2n) is 7.18. The van der Waals surface area contributed by atoms with Crippen LogP contribution in [0.5, 0.6) is 0 Å². The molecule has 0 unspecified atom stereocenters. The molecule has 0 bridgehead atoms. The molecule has 0 saturated heterocycles. The number of rotatable bonds is 4. The second-order valence-corrected chi connectivity index (χ2v) is 7.36. The number of thiocarbonyl (C=S) groups is 1. The number of benzene rings is 1. The number of fused-ring (bicyclic) bond motifs is 1. The molecule has 24 heavy (non-hydrogen) atoms. The maximum absolute atomic E-state index is 4.98. The van der Waals surface area contributed by atoms with Gasteiger partial charge in [-0.3, -0.25) is 0 Å². The fourth-order valence-corrected chi connectivity index (χ4v) is 4.35. The molecular weight excluding hydrogens is 312 g/mol. The summed E-state index contributed by atoms with van der Waals surface area (Å²) in [5.74, 6) is 0.611. The van der Waals surface area contributed by atoms with Crippen LogP contribution in [-0.4, -0.2) is 16.2 Å². The van der Waals surface area contributed by atoms with Gasteiger partial charge in [0.2, 0.25) is 0 Å². The number of aromatic amines is 1. The molecule has 1 heterocycles. The highest BCUT2D eigenvalue weighted by atomic mass is 32.1. The molecule has 0 aliphatic heterocycles. The third-order valence-electron chi connectivity index (χ3n) is 5.71. The number of nitrogens with zero attached hydrogens (tertiary/aromatic N) is 1. The van der Waals surface area contributed by atoms with Gasteiger partial charge < -0.3 is 4.98 Å². The van der Waals surface area contributed by atoms with Gasteiger partial charge in [-0.2, -0.15) is 0 Å². The summed E-state index contributed by atoms with van der Waals surface area (Å²) in [4.78, 5) is 8.03. The maximum Gasteiger partial charge on any atom is 0.0765 e. The molecule has 1 fully saturated rings. The number of nitrogens with one attached hydrogen (secondary N) is 1. The molecule has 4 atom stereocenters. The van der Waals surface area contributed by atoms with Crippen molar-refractivity contribution in [2.75, 3.05) is 0 Å². The van der Waals surface area contributed by atoms with E-state index < -0.39 is 0 Å². The molecule has 1 N–H and O–H groups in total. The van der Waals surface area contributed by atoms with Crippen LogP contribution in [0.3, 0.4) is 0 Å². The monoisotopic (exact) mass is 336 g/mol. The molecule has 1 saturated carbocycles. The van der Waals surface area contributed by atoms with Crippen molar-refractivity contribution in [1.29, 1.82) is 0 Å². The van der Waals surface area contributed by atoms with E-state index in [0.717, 1.165) is 18.4 Å². The van der Waals surface area contributed by atoms with Gasteiger partial charge in [-0.25, -0.2) is 4.99 Å². The predicted molar refractivity (Wildman–Crippen MR) is 106 cm³/mol. The van der Waals surface area contributed by atoms with Crippen molar-refractivity contribution in [3.8, 4) is 0 Å². The van der Waals surface area contributed by atoms with E-state index in [1.807, 2.05) is 6.08 Å². The lowest BCUT2D eigenvalue weighted by Gasteiger charge is -2.46. The number of allylic oxidation sites excluding steroid dienone is 1. The van der Waals surface area contributed by atoms with Crippen LogP contribution < -0.4 is 0 Å². The minimum Gasteiger partial charge on any atom is -0.361 e. The van der Waals surface area contributed by atoms with Gasteiger partial charge in [0.05, 0.1) is 11.2 Å². The predicted octanol–water partition coefficient (Wildman–Crippen LogP) is 5.90. The van der Waals surface area contributed by atoms with E-state index in [2.05, 4.69) is 72.6 Å². The lowest BCUT2D eigenvalue weighted by Crippen LogP contribution is -2.42. The highest BCUT2D eigenvalue weighted by molar-refractivity contribution is 7.78. The Balaban J connectivity index is 2.21. The summed E-state index contributed by atoms with van der Waals surface area (Å²) >= 11 is 4.98. The van der Waals surface area contributed by atoms with E-state index in [0.29, 0.717) is 5.92 Å². The summed E-state index contributed by atoms with van der Waals surface area (Å²) in [6, 6.07) is 8.46. The first kappa shape index (κ1) is 16.9. The summed E-state index contributed by atoms with van der Waals surface area (Å²) in [6.45, 7) is 12.7. The van der Waals surface area contributed by atoms with E-state index in [1.54, 1.807) is 0 Å². The number of H-pyrrole nitrogens is 1. The highest BCUT2D eigenvalue weighted by Crippen LogP contribution is 2.52. The van der Waals surface area contributed by atoms with E-state index >= 15 is 0 Å². The first-order chi connectivity index (χ1) is 11.5. The van der Waals surface area contributed by atoms with Gasteiger partial charge in [0.1, 0.15) is 0 Å². The first-order valence-electron chi connectivity index (χ1n) is 8.44. The van der Waals surface area contributed by atoms with Gasteiger partial charge in [-0.05, 0) is 49.5 Å². The number of para-hydroxylation sites is 1. The van der Waals surface area contributed by atoms with Crippen LogP contribution in [0.2, 0.25) is 0 Å². The van der Waals surface area contributed by atoms with Gasteiger partial charge in [-0.1, -0.05) is 43.4 Å². The van der Waals surface area contributed by atoms with E-state index in [9.17, 15) is 0 Å². The Morgan fingerprint density at radius 3 is 2.88 bits per heavy atom. The summed E-state index contributed by atoms with van der Waals surface area (Å²) < 4.78 is 0. The third kappa shape index (κ3) is 2.68. The minimum atomic E-state index is -0.0825. The molecule has 3 heteroatoms. The van der Waals surface area contributed by atoms with Crippen molar-refractivity contribution in [3.63, 3.8) is 0 Å². The number of isothiocyanates is 1. The average Bonchev–Trinajstić information content (AvgIpc) is 3.00. The number of aromatic nitrogens is 1. The molecule has 2 nitrogen and oxygen atoms in total. The van der Waals surface area contributed by atoms with Crippen molar-refractivity contribution in [2.45, 2.75) is 38.6 Å². The summed E-state index contributed by atoms with van der Waals surface area (Å²) in [6.07, 6.45) is 6.31. The van der Waals surface area contributed by atoms with Crippen LogP contribution in [0, 0.1) is 11.3 Å². The maximum atomic E-state index is 4.98. The van der Waals surface area contributed by atoms with Crippen LogP contribution in [0.15, 0.2) is 60.3 Å². The largest absolute Gasteiger partial charge is 0.361 e. The summed E-state index contributed by atoms with van der Waals surface area (Å²) in [5.41, 5.74) is 3.58. The highest BCUT2D eigenvalue weighted by Gasteiger charge is 2.46. The molecule has 3 rings (SSSR count). The molecule has 0 radical (unpaired) electrons. The topological polar surface area (TPSA) is 28.1 Å². The van der Waals surface area contributed by atoms with Crippen molar-refractivity contribution < 1.29 is 0 Å². The lowest BCUT2D eigenvalue weighted by molar-refractivity contribution is 0.174. The Morgan fingerprint density at radius 1 is 1.46 bits per heavy atom. The fourth-order valence-electron chi connectivity index (χ4n) is 4.24. The molecule has 1 aromatic heterocycles. The second kappa shape index (κ2) is 6.51. The van der Waals surface area contributed by atoms with Crippen LogP contribution in [0.25, 0.3) is 10.9 Å².